The number of hydrogen-bond donors (Lipinski definition) is 2. The molecular formula is C22H34IN7O. The molecule has 0 saturated carbocycles. The van der Waals surface area contributed by atoms with Crippen LogP contribution in [0, 0.1) is 0 Å². The Balaban J connectivity index is 0.00000272. The molecule has 2 aliphatic rings. The average Bonchev–Trinajstić information content (AvgIpc) is 3.38. The third-order valence-corrected chi connectivity index (χ3v) is 5.97. The summed E-state index contributed by atoms with van der Waals surface area (Å²) >= 11 is 0. The number of aryl methyl sites for hydroxylation is 1. The monoisotopic (exact) mass is 539 g/mol. The van der Waals surface area contributed by atoms with Gasteiger partial charge in [-0.05, 0) is 31.4 Å². The van der Waals surface area contributed by atoms with E-state index in [1.54, 1.807) is 7.11 Å². The summed E-state index contributed by atoms with van der Waals surface area (Å²) in [5.74, 6) is 2.67. The third-order valence-electron chi connectivity index (χ3n) is 5.97. The molecule has 4 rings (SSSR count). The SMILES string of the molecule is CN=C(NCC1CCCN1Cc1ccccc1)NC1CCc2nc(COC)nn2C1.I. The average molecular weight is 539 g/mol. The third kappa shape index (κ3) is 6.39. The zero-order chi connectivity index (χ0) is 20.8. The van der Waals surface area contributed by atoms with Crippen LogP contribution < -0.4 is 10.6 Å². The highest BCUT2D eigenvalue weighted by atomic mass is 127. The van der Waals surface area contributed by atoms with Gasteiger partial charge in [-0.1, -0.05) is 30.3 Å². The van der Waals surface area contributed by atoms with Gasteiger partial charge in [-0.2, -0.15) is 5.10 Å². The van der Waals surface area contributed by atoms with E-state index in [1.165, 1.54) is 18.4 Å². The van der Waals surface area contributed by atoms with Crippen LogP contribution in [-0.4, -0.2) is 65.0 Å². The van der Waals surface area contributed by atoms with Crippen molar-refractivity contribution in [3.63, 3.8) is 0 Å². The molecule has 1 aromatic carbocycles. The van der Waals surface area contributed by atoms with Crippen LogP contribution in [0.5, 0.6) is 0 Å². The summed E-state index contributed by atoms with van der Waals surface area (Å²) in [5.41, 5.74) is 1.38. The Kier molecular flexibility index (Phi) is 9.09. The lowest BCUT2D eigenvalue weighted by Gasteiger charge is -2.28. The second-order valence-electron chi connectivity index (χ2n) is 8.14. The van der Waals surface area contributed by atoms with Crippen molar-refractivity contribution in [1.29, 1.82) is 0 Å². The number of fused-ring (bicyclic) bond motifs is 1. The molecule has 31 heavy (non-hydrogen) atoms. The molecule has 170 valence electrons. The van der Waals surface area contributed by atoms with Crippen molar-refractivity contribution in [2.75, 3.05) is 27.2 Å². The maximum absolute atomic E-state index is 5.15. The quantitative estimate of drug-likeness (QED) is 0.319. The highest BCUT2D eigenvalue weighted by Crippen LogP contribution is 2.19. The fraction of sp³-hybridized carbons (Fsp3) is 0.591. The van der Waals surface area contributed by atoms with Crippen molar-refractivity contribution in [3.8, 4) is 0 Å². The summed E-state index contributed by atoms with van der Waals surface area (Å²) in [4.78, 5) is 11.6. The number of aromatic nitrogens is 3. The number of guanidine groups is 1. The zero-order valence-corrected chi connectivity index (χ0v) is 20.8. The van der Waals surface area contributed by atoms with Gasteiger partial charge in [0.25, 0.3) is 0 Å². The lowest BCUT2D eigenvalue weighted by atomic mass is 10.1. The summed E-state index contributed by atoms with van der Waals surface area (Å²) in [6.07, 6.45) is 4.42. The molecule has 0 spiro atoms. The number of benzene rings is 1. The van der Waals surface area contributed by atoms with Crippen molar-refractivity contribution >= 4 is 29.9 Å². The molecule has 1 aromatic heterocycles. The van der Waals surface area contributed by atoms with Gasteiger partial charge in [-0.15, -0.1) is 24.0 Å². The van der Waals surface area contributed by atoms with Gasteiger partial charge < -0.3 is 15.4 Å². The fourth-order valence-corrected chi connectivity index (χ4v) is 4.42. The minimum atomic E-state index is 0. The van der Waals surface area contributed by atoms with Gasteiger partial charge in [0, 0.05) is 45.8 Å². The molecule has 0 bridgehead atoms. The topological polar surface area (TPSA) is 79.6 Å². The lowest BCUT2D eigenvalue weighted by molar-refractivity contribution is 0.177. The van der Waals surface area contributed by atoms with E-state index >= 15 is 0 Å². The molecule has 1 fully saturated rings. The lowest BCUT2D eigenvalue weighted by Crippen LogP contribution is -2.49. The number of methoxy groups -OCH3 is 1. The fourth-order valence-electron chi connectivity index (χ4n) is 4.42. The number of ether oxygens (including phenoxy) is 1. The van der Waals surface area contributed by atoms with Crippen LogP contribution in [0.1, 0.15) is 36.5 Å². The van der Waals surface area contributed by atoms with E-state index in [0.717, 1.165) is 56.6 Å². The molecule has 2 N–H and O–H groups in total. The second-order valence-corrected chi connectivity index (χ2v) is 8.14. The van der Waals surface area contributed by atoms with Crippen LogP contribution in [0.15, 0.2) is 35.3 Å². The van der Waals surface area contributed by atoms with Gasteiger partial charge in [0.1, 0.15) is 12.4 Å². The number of nitrogens with one attached hydrogen (secondary N) is 2. The molecule has 0 radical (unpaired) electrons. The zero-order valence-electron chi connectivity index (χ0n) is 18.5. The molecular weight excluding hydrogens is 505 g/mol. The molecule has 2 atom stereocenters. The predicted octanol–water partition coefficient (Wildman–Crippen LogP) is 2.19. The normalized spacial score (nSPS) is 21.4. The Labute approximate surface area is 201 Å². The van der Waals surface area contributed by atoms with E-state index in [4.69, 9.17) is 4.74 Å². The summed E-state index contributed by atoms with van der Waals surface area (Å²) in [6, 6.07) is 11.6. The smallest absolute Gasteiger partial charge is 0.191 e. The van der Waals surface area contributed by atoms with E-state index < -0.39 is 0 Å². The molecule has 3 heterocycles. The summed E-state index contributed by atoms with van der Waals surface area (Å²) in [5, 5.41) is 11.7. The molecule has 9 heteroatoms. The maximum atomic E-state index is 5.15. The van der Waals surface area contributed by atoms with Gasteiger partial charge in [-0.3, -0.25) is 9.89 Å². The Hall–Kier alpha value is -1.72. The summed E-state index contributed by atoms with van der Waals surface area (Å²) in [7, 11) is 3.51. The van der Waals surface area contributed by atoms with Crippen molar-refractivity contribution in [2.45, 2.75) is 57.5 Å². The molecule has 2 unspecified atom stereocenters. The van der Waals surface area contributed by atoms with Gasteiger partial charge >= 0.3 is 0 Å². The van der Waals surface area contributed by atoms with E-state index in [2.05, 4.69) is 60.9 Å². The van der Waals surface area contributed by atoms with Crippen LogP contribution in [-0.2, 0) is 30.9 Å². The Morgan fingerprint density at radius 1 is 1.26 bits per heavy atom. The first-order valence-corrected chi connectivity index (χ1v) is 10.9. The van der Waals surface area contributed by atoms with Crippen molar-refractivity contribution in [2.24, 2.45) is 4.99 Å². The van der Waals surface area contributed by atoms with Crippen molar-refractivity contribution in [3.05, 3.63) is 47.5 Å². The van der Waals surface area contributed by atoms with E-state index in [-0.39, 0.29) is 24.0 Å². The van der Waals surface area contributed by atoms with E-state index in [0.29, 0.717) is 18.7 Å². The Morgan fingerprint density at radius 2 is 2.10 bits per heavy atom. The predicted molar refractivity (Wildman–Crippen MR) is 133 cm³/mol. The standard InChI is InChI=1S/C22H33N7O.HI/c1-23-22(25-18-10-11-21-26-20(16-30-2)27-29(21)15-18)24-13-19-9-6-12-28(19)14-17-7-4-3-5-8-17;/h3-5,7-8,18-19H,6,9-16H2,1-2H3,(H2,23,24,25);1H. The summed E-state index contributed by atoms with van der Waals surface area (Å²) < 4.78 is 7.16. The Morgan fingerprint density at radius 3 is 2.87 bits per heavy atom. The number of rotatable bonds is 7. The molecule has 8 nitrogen and oxygen atoms in total. The number of halogens is 1. The minimum absolute atomic E-state index is 0. The van der Waals surface area contributed by atoms with E-state index in [1.807, 2.05) is 11.7 Å². The molecule has 0 amide bonds. The molecule has 0 aliphatic carbocycles. The van der Waals surface area contributed by atoms with Gasteiger partial charge in [0.05, 0.1) is 6.54 Å². The highest BCUT2D eigenvalue weighted by molar-refractivity contribution is 14.0. The number of aliphatic imine (C=N–C) groups is 1. The highest BCUT2D eigenvalue weighted by Gasteiger charge is 2.26. The van der Waals surface area contributed by atoms with Crippen LogP contribution in [0.3, 0.4) is 0 Å². The van der Waals surface area contributed by atoms with Crippen LogP contribution in [0.4, 0.5) is 0 Å². The maximum Gasteiger partial charge on any atom is 0.191 e. The Bertz CT molecular complexity index is 842. The molecule has 1 saturated heterocycles. The number of hydrogen-bond acceptors (Lipinski definition) is 5. The first-order valence-electron chi connectivity index (χ1n) is 10.9. The van der Waals surface area contributed by atoms with Crippen molar-refractivity contribution < 1.29 is 4.74 Å². The number of likely N-dealkylation sites (tertiary alicyclic amines) is 1. The first-order chi connectivity index (χ1) is 14.7. The summed E-state index contributed by atoms with van der Waals surface area (Å²) in [6.45, 7) is 4.35. The van der Waals surface area contributed by atoms with Crippen molar-refractivity contribution in [1.82, 2.24) is 30.3 Å². The van der Waals surface area contributed by atoms with E-state index in [9.17, 15) is 0 Å². The van der Waals surface area contributed by atoms with Crippen LogP contribution >= 0.6 is 24.0 Å². The van der Waals surface area contributed by atoms with Gasteiger partial charge in [-0.25, -0.2) is 9.67 Å². The molecule has 2 aromatic rings. The van der Waals surface area contributed by atoms with Crippen LogP contribution in [0.2, 0.25) is 0 Å². The molecule has 2 aliphatic heterocycles. The second kappa shape index (κ2) is 11.8. The largest absolute Gasteiger partial charge is 0.377 e. The van der Waals surface area contributed by atoms with Gasteiger partial charge in [0.2, 0.25) is 0 Å². The number of nitrogens with zero attached hydrogens (tertiary/aromatic N) is 5. The minimum Gasteiger partial charge on any atom is -0.377 e. The van der Waals surface area contributed by atoms with Crippen LogP contribution in [0.25, 0.3) is 0 Å². The van der Waals surface area contributed by atoms with Gasteiger partial charge in [0.15, 0.2) is 11.8 Å². The first kappa shape index (κ1) is 23.9.